The number of benzene rings is 1. The first-order chi connectivity index (χ1) is 12.9. The Morgan fingerprint density at radius 2 is 1.78 bits per heavy atom. The zero-order valence-electron chi connectivity index (χ0n) is 15.3. The number of amides is 4. The fourth-order valence-corrected chi connectivity index (χ4v) is 3.62. The molecule has 0 atom stereocenters. The predicted molar refractivity (Wildman–Crippen MR) is 95.7 cm³/mol. The summed E-state index contributed by atoms with van der Waals surface area (Å²) in [6, 6.07) is 8.82. The Kier molecular flexibility index (Phi) is 5.43. The summed E-state index contributed by atoms with van der Waals surface area (Å²) in [4.78, 5) is 51.1. The summed E-state index contributed by atoms with van der Waals surface area (Å²) in [5.41, 5.74) is -0.0922. The largest absolute Gasteiger partial charge is 0.455 e. The lowest BCUT2D eigenvalue weighted by molar-refractivity contribution is -0.158. The molecule has 0 unspecified atom stereocenters. The molecule has 1 aromatic rings. The monoisotopic (exact) mass is 373 g/mol. The second-order valence-electron chi connectivity index (χ2n) is 6.81. The number of nitrogens with zero attached hydrogens (tertiary/aromatic N) is 2. The summed E-state index contributed by atoms with van der Waals surface area (Å²) in [5.74, 6) is -1.06. The molecule has 0 aromatic heterocycles. The molecule has 2 fully saturated rings. The van der Waals surface area contributed by atoms with Crippen LogP contribution in [0.1, 0.15) is 25.3 Å². The maximum Gasteiger partial charge on any atom is 0.324 e. The number of piperidine rings is 1. The lowest BCUT2D eigenvalue weighted by atomic mass is 9.72. The van der Waals surface area contributed by atoms with Gasteiger partial charge in [0.2, 0.25) is 5.91 Å². The zero-order chi connectivity index (χ0) is 19.4. The molecule has 1 aromatic carbocycles. The van der Waals surface area contributed by atoms with Gasteiger partial charge in [-0.1, -0.05) is 30.3 Å². The number of esters is 1. The average molecular weight is 373 g/mol. The van der Waals surface area contributed by atoms with Crippen molar-refractivity contribution in [1.82, 2.24) is 15.1 Å². The highest BCUT2D eigenvalue weighted by Gasteiger charge is 2.45. The van der Waals surface area contributed by atoms with Gasteiger partial charge in [-0.05, 0) is 18.4 Å². The van der Waals surface area contributed by atoms with Gasteiger partial charge in [0.1, 0.15) is 0 Å². The fourth-order valence-electron chi connectivity index (χ4n) is 3.62. The minimum absolute atomic E-state index is 0.0275. The molecule has 8 heteroatoms. The molecular formula is C19H23N3O5. The molecule has 4 amide bonds. The van der Waals surface area contributed by atoms with Gasteiger partial charge >= 0.3 is 12.0 Å². The van der Waals surface area contributed by atoms with E-state index in [4.69, 9.17) is 4.74 Å². The number of urea groups is 1. The van der Waals surface area contributed by atoms with Gasteiger partial charge in [0.15, 0.2) is 6.61 Å². The van der Waals surface area contributed by atoms with Crippen molar-refractivity contribution < 1.29 is 23.9 Å². The van der Waals surface area contributed by atoms with E-state index in [1.807, 2.05) is 30.3 Å². The van der Waals surface area contributed by atoms with Gasteiger partial charge in [0.25, 0.3) is 5.91 Å². The van der Waals surface area contributed by atoms with Gasteiger partial charge in [0, 0.05) is 33.1 Å². The van der Waals surface area contributed by atoms with Crippen molar-refractivity contribution in [2.24, 2.45) is 0 Å². The molecule has 8 nitrogen and oxygen atoms in total. The number of ether oxygens (including phenoxy) is 1. The molecule has 2 aliphatic heterocycles. The molecule has 2 heterocycles. The third-order valence-corrected chi connectivity index (χ3v) is 5.26. The van der Waals surface area contributed by atoms with Crippen molar-refractivity contribution in [1.29, 1.82) is 0 Å². The molecule has 0 saturated carbocycles. The van der Waals surface area contributed by atoms with Gasteiger partial charge in [-0.2, -0.15) is 0 Å². The van der Waals surface area contributed by atoms with Crippen molar-refractivity contribution in [2.75, 3.05) is 32.8 Å². The number of hydrogen-bond donors (Lipinski definition) is 1. The lowest BCUT2D eigenvalue weighted by Crippen LogP contribution is -2.50. The first-order valence-electron chi connectivity index (χ1n) is 9.00. The number of rotatable bonds is 4. The maximum absolute atomic E-state index is 13.0. The highest BCUT2D eigenvalue weighted by atomic mass is 16.5. The molecule has 27 heavy (non-hydrogen) atoms. The van der Waals surface area contributed by atoms with E-state index in [9.17, 15) is 19.2 Å². The standard InChI is InChI=1S/C19H23N3O5/c1-14(23)21-10-7-19(8-11-21,15-5-3-2-4-6-15)17(25)27-13-16(24)22-12-9-20-18(22)26/h2-6H,7-13H2,1H3,(H,20,26). The van der Waals surface area contributed by atoms with Crippen LogP contribution >= 0.6 is 0 Å². The first-order valence-corrected chi connectivity index (χ1v) is 9.00. The Morgan fingerprint density at radius 3 is 2.33 bits per heavy atom. The average Bonchev–Trinajstić information content (AvgIpc) is 3.12. The zero-order valence-corrected chi connectivity index (χ0v) is 15.3. The van der Waals surface area contributed by atoms with Crippen molar-refractivity contribution in [2.45, 2.75) is 25.2 Å². The first kappa shape index (κ1) is 18.9. The van der Waals surface area contributed by atoms with E-state index in [1.165, 1.54) is 6.92 Å². The molecule has 0 bridgehead atoms. The quantitative estimate of drug-likeness (QED) is 0.783. The van der Waals surface area contributed by atoms with Gasteiger partial charge in [-0.15, -0.1) is 0 Å². The van der Waals surface area contributed by atoms with Crippen LogP contribution in [0, 0.1) is 0 Å². The highest BCUT2D eigenvalue weighted by molar-refractivity contribution is 5.97. The molecule has 3 rings (SSSR count). The van der Waals surface area contributed by atoms with Crippen LogP contribution in [0.5, 0.6) is 0 Å². The Balaban J connectivity index is 1.73. The molecule has 0 spiro atoms. The fraction of sp³-hybridized carbons (Fsp3) is 0.474. The van der Waals surface area contributed by atoms with E-state index in [1.54, 1.807) is 4.90 Å². The maximum atomic E-state index is 13.0. The van der Waals surface area contributed by atoms with Crippen LogP contribution in [-0.4, -0.2) is 66.4 Å². The van der Waals surface area contributed by atoms with Gasteiger partial charge < -0.3 is 15.0 Å². The second-order valence-corrected chi connectivity index (χ2v) is 6.81. The van der Waals surface area contributed by atoms with Gasteiger partial charge in [-0.25, -0.2) is 4.79 Å². The van der Waals surface area contributed by atoms with Crippen LogP contribution in [0.15, 0.2) is 30.3 Å². The second kappa shape index (κ2) is 7.77. The number of nitrogens with one attached hydrogen (secondary N) is 1. The Bertz CT molecular complexity index is 741. The lowest BCUT2D eigenvalue weighted by Gasteiger charge is -2.40. The third kappa shape index (κ3) is 3.79. The van der Waals surface area contributed by atoms with E-state index in [2.05, 4.69) is 5.32 Å². The molecule has 0 aliphatic carbocycles. The number of hydrogen-bond acceptors (Lipinski definition) is 5. The van der Waals surface area contributed by atoms with Crippen LogP contribution in [-0.2, 0) is 24.5 Å². The number of imide groups is 1. The molecule has 2 saturated heterocycles. The number of carbonyl (C=O) groups is 4. The van der Waals surface area contributed by atoms with Crippen molar-refractivity contribution in [3.05, 3.63) is 35.9 Å². The summed E-state index contributed by atoms with van der Waals surface area (Å²) >= 11 is 0. The third-order valence-electron chi connectivity index (χ3n) is 5.26. The Morgan fingerprint density at radius 1 is 1.11 bits per heavy atom. The van der Waals surface area contributed by atoms with Crippen LogP contribution in [0.25, 0.3) is 0 Å². The summed E-state index contributed by atoms with van der Waals surface area (Å²) in [7, 11) is 0. The van der Waals surface area contributed by atoms with Gasteiger partial charge in [-0.3, -0.25) is 19.3 Å². The van der Waals surface area contributed by atoms with Gasteiger partial charge in [0.05, 0.1) is 5.41 Å². The predicted octanol–water partition coefficient (Wildman–Crippen LogP) is 0.662. The Labute approximate surface area is 157 Å². The number of carbonyl (C=O) groups excluding carboxylic acids is 4. The van der Waals surface area contributed by atoms with Crippen LogP contribution in [0.3, 0.4) is 0 Å². The summed E-state index contributed by atoms with van der Waals surface area (Å²) in [6.07, 6.45) is 0.849. The smallest absolute Gasteiger partial charge is 0.324 e. The molecule has 144 valence electrons. The van der Waals surface area contributed by atoms with Crippen molar-refractivity contribution in [3.8, 4) is 0 Å². The summed E-state index contributed by atoms with van der Waals surface area (Å²) in [6.45, 7) is 2.59. The normalized spacial score (nSPS) is 18.8. The Hall–Kier alpha value is -2.90. The molecular weight excluding hydrogens is 350 g/mol. The highest BCUT2D eigenvalue weighted by Crippen LogP contribution is 2.37. The van der Waals surface area contributed by atoms with Crippen LogP contribution in [0.4, 0.5) is 4.79 Å². The van der Waals surface area contributed by atoms with E-state index in [0.29, 0.717) is 32.5 Å². The van der Waals surface area contributed by atoms with E-state index >= 15 is 0 Å². The van der Waals surface area contributed by atoms with E-state index < -0.39 is 29.9 Å². The minimum Gasteiger partial charge on any atom is -0.455 e. The van der Waals surface area contributed by atoms with E-state index in [0.717, 1.165) is 10.5 Å². The number of likely N-dealkylation sites (tertiary alicyclic amines) is 1. The molecule has 1 N–H and O–H groups in total. The van der Waals surface area contributed by atoms with Crippen molar-refractivity contribution in [3.63, 3.8) is 0 Å². The van der Waals surface area contributed by atoms with E-state index in [-0.39, 0.29) is 12.5 Å². The summed E-state index contributed by atoms with van der Waals surface area (Å²) in [5, 5.41) is 2.54. The topological polar surface area (TPSA) is 96.0 Å². The van der Waals surface area contributed by atoms with Crippen LogP contribution in [0.2, 0.25) is 0 Å². The SMILES string of the molecule is CC(=O)N1CCC(C(=O)OCC(=O)N2CCNC2=O)(c2ccccc2)CC1. The minimum atomic E-state index is -0.902. The molecule has 2 aliphatic rings. The van der Waals surface area contributed by atoms with Crippen LogP contribution < -0.4 is 5.32 Å². The summed E-state index contributed by atoms with van der Waals surface area (Å²) < 4.78 is 5.34. The van der Waals surface area contributed by atoms with Crippen molar-refractivity contribution >= 4 is 23.8 Å². The molecule has 0 radical (unpaired) electrons.